The number of piperidine rings is 1. The molecule has 3 heteroatoms. The van der Waals surface area contributed by atoms with Gasteiger partial charge in [-0.1, -0.05) is 24.3 Å². The van der Waals surface area contributed by atoms with Gasteiger partial charge in [0.2, 0.25) is 0 Å². The van der Waals surface area contributed by atoms with E-state index in [1.807, 2.05) is 0 Å². The molecule has 1 fully saturated rings. The van der Waals surface area contributed by atoms with Crippen molar-refractivity contribution in [3.63, 3.8) is 0 Å². The van der Waals surface area contributed by atoms with E-state index < -0.39 is 0 Å². The number of aryl methyl sites for hydroxylation is 1. The highest BCUT2D eigenvalue weighted by molar-refractivity contribution is 5.41. The molecule has 1 aliphatic carbocycles. The number of hydrogen-bond donors (Lipinski definition) is 2. The normalized spacial score (nSPS) is 24.9. The van der Waals surface area contributed by atoms with Gasteiger partial charge in [-0.15, -0.1) is 0 Å². The first-order chi connectivity index (χ1) is 10.9. The molecule has 1 saturated heterocycles. The SMILES string of the molecule is C1=CC(C2CCc3cc(OC4CCNCC4)ccc3CN2)=C1. The van der Waals surface area contributed by atoms with Gasteiger partial charge in [-0.2, -0.15) is 0 Å². The van der Waals surface area contributed by atoms with Crippen molar-refractivity contribution in [3.05, 3.63) is 53.1 Å². The van der Waals surface area contributed by atoms with E-state index in [1.165, 1.54) is 23.1 Å². The molecule has 4 rings (SSSR count). The smallest absolute Gasteiger partial charge is 0.120 e. The van der Waals surface area contributed by atoms with Crippen LogP contribution in [-0.4, -0.2) is 25.2 Å². The van der Waals surface area contributed by atoms with Gasteiger partial charge in [-0.05, 0) is 67.6 Å². The molecule has 1 unspecified atom stereocenters. The number of rotatable bonds is 3. The summed E-state index contributed by atoms with van der Waals surface area (Å²) in [5.74, 6) is 1.05. The van der Waals surface area contributed by atoms with Crippen LogP contribution in [-0.2, 0) is 13.0 Å². The van der Waals surface area contributed by atoms with E-state index in [9.17, 15) is 0 Å². The average Bonchev–Trinajstić information content (AvgIpc) is 2.70. The van der Waals surface area contributed by atoms with Crippen molar-refractivity contribution in [2.45, 2.75) is 44.4 Å². The van der Waals surface area contributed by atoms with Crippen LogP contribution in [0.15, 0.2) is 42.0 Å². The zero-order valence-corrected chi connectivity index (χ0v) is 13.0. The fourth-order valence-electron chi connectivity index (χ4n) is 3.55. The molecule has 2 aliphatic heterocycles. The van der Waals surface area contributed by atoms with Crippen LogP contribution in [0.3, 0.4) is 0 Å². The Bertz CT molecular complexity index is 599. The minimum Gasteiger partial charge on any atom is -0.490 e. The summed E-state index contributed by atoms with van der Waals surface area (Å²) >= 11 is 0. The molecule has 116 valence electrons. The lowest BCUT2D eigenvalue weighted by atomic mass is 9.95. The number of allylic oxidation sites excluding steroid dienone is 2. The standard InChI is InChI=1S/C19H24N2O/c1-2-14(3-1)19-7-5-15-12-18(6-4-16(15)13-21-19)22-17-8-10-20-11-9-17/h1-4,6,12,17,19-21H,5,7-11,13H2. The molecule has 3 aliphatic rings. The van der Waals surface area contributed by atoms with Crippen molar-refractivity contribution in [1.29, 1.82) is 0 Å². The van der Waals surface area contributed by atoms with Crippen molar-refractivity contribution in [1.82, 2.24) is 10.6 Å². The largest absolute Gasteiger partial charge is 0.490 e. The van der Waals surface area contributed by atoms with Crippen LogP contribution >= 0.6 is 0 Å². The molecule has 0 radical (unpaired) electrons. The highest BCUT2D eigenvalue weighted by Gasteiger charge is 2.20. The molecule has 0 aromatic heterocycles. The molecular formula is C19H24N2O. The third-order valence-corrected chi connectivity index (χ3v) is 4.99. The first-order valence-corrected chi connectivity index (χ1v) is 8.49. The summed E-state index contributed by atoms with van der Waals surface area (Å²) in [6, 6.07) is 7.16. The van der Waals surface area contributed by atoms with Gasteiger partial charge in [0.1, 0.15) is 11.9 Å². The lowest BCUT2D eigenvalue weighted by molar-refractivity contribution is 0.162. The topological polar surface area (TPSA) is 33.3 Å². The van der Waals surface area contributed by atoms with Gasteiger partial charge in [-0.25, -0.2) is 0 Å². The van der Waals surface area contributed by atoms with E-state index >= 15 is 0 Å². The number of nitrogens with one attached hydrogen (secondary N) is 2. The van der Waals surface area contributed by atoms with Gasteiger partial charge >= 0.3 is 0 Å². The molecule has 1 aromatic carbocycles. The van der Waals surface area contributed by atoms with Crippen LogP contribution < -0.4 is 15.4 Å². The first-order valence-electron chi connectivity index (χ1n) is 8.49. The van der Waals surface area contributed by atoms with Crippen molar-refractivity contribution in [2.24, 2.45) is 0 Å². The number of fused-ring (bicyclic) bond motifs is 1. The second-order valence-corrected chi connectivity index (χ2v) is 6.50. The molecule has 1 aromatic rings. The molecule has 1 atom stereocenters. The minimum atomic E-state index is 0.376. The highest BCUT2D eigenvalue weighted by Crippen LogP contribution is 2.27. The Morgan fingerprint density at radius 3 is 2.68 bits per heavy atom. The van der Waals surface area contributed by atoms with Crippen LogP contribution in [0.4, 0.5) is 0 Å². The van der Waals surface area contributed by atoms with Crippen molar-refractivity contribution in [3.8, 4) is 5.75 Å². The van der Waals surface area contributed by atoms with Crippen LogP contribution in [0.2, 0.25) is 0 Å². The van der Waals surface area contributed by atoms with Gasteiger partial charge < -0.3 is 15.4 Å². The lowest BCUT2D eigenvalue weighted by Gasteiger charge is -2.24. The first kappa shape index (κ1) is 14.0. The summed E-state index contributed by atoms with van der Waals surface area (Å²) in [7, 11) is 0. The predicted octanol–water partition coefficient (Wildman–Crippen LogP) is 2.72. The predicted molar refractivity (Wildman–Crippen MR) is 89.1 cm³/mol. The highest BCUT2D eigenvalue weighted by atomic mass is 16.5. The summed E-state index contributed by atoms with van der Waals surface area (Å²) in [6.45, 7) is 3.10. The molecule has 22 heavy (non-hydrogen) atoms. The maximum Gasteiger partial charge on any atom is 0.120 e. The van der Waals surface area contributed by atoms with Gasteiger partial charge in [0.25, 0.3) is 0 Å². The van der Waals surface area contributed by atoms with E-state index in [4.69, 9.17) is 4.74 Å². The zero-order valence-electron chi connectivity index (χ0n) is 13.0. The fraction of sp³-hybridized carbons (Fsp3) is 0.474. The Morgan fingerprint density at radius 1 is 1.05 bits per heavy atom. The summed E-state index contributed by atoms with van der Waals surface area (Å²) in [5.41, 5.74) is 4.31. The average molecular weight is 296 g/mol. The second kappa shape index (κ2) is 6.27. The molecule has 0 saturated carbocycles. The zero-order chi connectivity index (χ0) is 14.8. The van der Waals surface area contributed by atoms with E-state index in [1.54, 1.807) is 0 Å². The monoisotopic (exact) mass is 296 g/mol. The van der Waals surface area contributed by atoms with Gasteiger partial charge in [0.05, 0.1) is 0 Å². The third kappa shape index (κ3) is 2.96. The lowest BCUT2D eigenvalue weighted by Crippen LogP contribution is -2.34. The molecule has 3 nitrogen and oxygen atoms in total. The number of ether oxygens (including phenoxy) is 1. The summed E-state index contributed by atoms with van der Waals surface area (Å²) in [6.07, 6.45) is 11.5. The molecular weight excluding hydrogens is 272 g/mol. The number of hydrogen-bond acceptors (Lipinski definition) is 3. The molecule has 0 spiro atoms. The van der Waals surface area contributed by atoms with Crippen LogP contribution in [0.1, 0.15) is 30.4 Å². The van der Waals surface area contributed by atoms with Crippen molar-refractivity contribution in [2.75, 3.05) is 13.1 Å². The van der Waals surface area contributed by atoms with Gasteiger partial charge in [0.15, 0.2) is 0 Å². The Hall–Kier alpha value is -1.58. The Balaban J connectivity index is 1.44. The van der Waals surface area contributed by atoms with E-state index in [2.05, 4.69) is 47.1 Å². The van der Waals surface area contributed by atoms with Crippen LogP contribution in [0.5, 0.6) is 5.75 Å². The molecule has 0 amide bonds. The summed E-state index contributed by atoms with van der Waals surface area (Å²) in [4.78, 5) is 0. The number of benzene rings is 1. The van der Waals surface area contributed by atoms with Crippen molar-refractivity contribution < 1.29 is 4.74 Å². The molecule has 2 heterocycles. The summed E-state index contributed by atoms with van der Waals surface area (Å²) < 4.78 is 6.19. The quantitative estimate of drug-likeness (QED) is 0.900. The van der Waals surface area contributed by atoms with Crippen LogP contribution in [0, 0.1) is 0 Å². The fourth-order valence-corrected chi connectivity index (χ4v) is 3.55. The van der Waals surface area contributed by atoms with Crippen molar-refractivity contribution >= 4 is 0 Å². The Morgan fingerprint density at radius 2 is 1.91 bits per heavy atom. The maximum absolute atomic E-state index is 6.19. The summed E-state index contributed by atoms with van der Waals surface area (Å²) in [5, 5.41) is 7.06. The van der Waals surface area contributed by atoms with E-state index in [0.717, 1.165) is 44.6 Å². The Kier molecular flexibility index (Phi) is 4.00. The minimum absolute atomic E-state index is 0.376. The molecule has 0 bridgehead atoms. The maximum atomic E-state index is 6.19. The third-order valence-electron chi connectivity index (χ3n) is 4.99. The van der Waals surface area contributed by atoms with E-state index in [0.29, 0.717) is 12.1 Å². The Labute approximate surface area is 132 Å². The van der Waals surface area contributed by atoms with Gasteiger partial charge in [0, 0.05) is 12.6 Å². The second-order valence-electron chi connectivity index (χ2n) is 6.50. The molecule has 2 N–H and O–H groups in total. The van der Waals surface area contributed by atoms with E-state index in [-0.39, 0.29) is 0 Å². The van der Waals surface area contributed by atoms with Crippen LogP contribution in [0.25, 0.3) is 0 Å². The van der Waals surface area contributed by atoms with Gasteiger partial charge in [-0.3, -0.25) is 0 Å².